The van der Waals surface area contributed by atoms with Gasteiger partial charge in [-0.05, 0) is 6.92 Å². The lowest BCUT2D eigenvalue weighted by molar-refractivity contribution is -0.115. The summed E-state index contributed by atoms with van der Waals surface area (Å²) < 4.78 is 10.5. The molecular formula is C12H16N2O3. The molecule has 0 unspecified atom stereocenters. The number of fused-ring (bicyclic) bond motifs is 1. The van der Waals surface area contributed by atoms with Gasteiger partial charge in [-0.1, -0.05) is 0 Å². The number of nitrogens with one attached hydrogen (secondary N) is 1. The Hall–Kier alpha value is -1.91. The minimum Gasteiger partial charge on any atom is -0.493 e. The number of nitrogens with zero attached hydrogens (tertiary/aromatic N) is 1. The number of ether oxygens (including phenoxy) is 2. The fraction of sp³-hybridized carbons (Fsp3) is 0.417. The summed E-state index contributed by atoms with van der Waals surface area (Å²) in [4.78, 5) is 13.5. The Kier molecular flexibility index (Phi) is 3.08. The molecule has 1 aromatic rings. The number of anilines is 2. The van der Waals surface area contributed by atoms with Crippen LogP contribution in [-0.2, 0) is 4.79 Å². The molecule has 0 fully saturated rings. The van der Waals surface area contributed by atoms with E-state index < -0.39 is 0 Å². The maximum Gasteiger partial charge on any atom is 0.243 e. The Morgan fingerprint density at radius 1 is 1.29 bits per heavy atom. The molecule has 1 aliphatic heterocycles. The molecule has 1 heterocycles. The van der Waals surface area contributed by atoms with Crippen LogP contribution in [0, 0.1) is 0 Å². The molecule has 0 saturated carbocycles. The van der Waals surface area contributed by atoms with Gasteiger partial charge in [0.05, 0.1) is 32.1 Å². The fourth-order valence-corrected chi connectivity index (χ4v) is 1.96. The average Bonchev–Trinajstić information content (AvgIpc) is 2.35. The zero-order chi connectivity index (χ0) is 12.4. The van der Waals surface area contributed by atoms with Crippen molar-refractivity contribution in [1.29, 1.82) is 0 Å². The summed E-state index contributed by atoms with van der Waals surface area (Å²) in [5, 5.41) is 2.83. The third-order valence-corrected chi connectivity index (χ3v) is 2.83. The number of hydrogen-bond donors (Lipinski definition) is 1. The quantitative estimate of drug-likeness (QED) is 0.863. The van der Waals surface area contributed by atoms with Crippen LogP contribution in [0.15, 0.2) is 12.1 Å². The summed E-state index contributed by atoms with van der Waals surface area (Å²) in [7, 11) is 3.18. The first-order valence-corrected chi connectivity index (χ1v) is 5.50. The Morgan fingerprint density at radius 2 is 1.94 bits per heavy atom. The van der Waals surface area contributed by atoms with Crippen LogP contribution in [0.5, 0.6) is 11.5 Å². The van der Waals surface area contributed by atoms with Crippen LogP contribution >= 0.6 is 0 Å². The van der Waals surface area contributed by atoms with Crippen LogP contribution in [-0.4, -0.2) is 33.2 Å². The fourth-order valence-electron chi connectivity index (χ4n) is 1.96. The molecule has 2 rings (SSSR count). The maximum atomic E-state index is 11.5. The first-order valence-electron chi connectivity index (χ1n) is 5.50. The van der Waals surface area contributed by atoms with Crippen LogP contribution < -0.4 is 19.7 Å². The average molecular weight is 236 g/mol. The number of likely N-dealkylation sites (N-methyl/N-ethyl adjacent to an activating group) is 1. The lowest BCUT2D eigenvalue weighted by atomic mass is 10.1. The lowest BCUT2D eigenvalue weighted by Gasteiger charge is -2.30. The highest BCUT2D eigenvalue weighted by Gasteiger charge is 2.23. The molecule has 1 aliphatic rings. The van der Waals surface area contributed by atoms with E-state index in [0.717, 1.165) is 17.9 Å². The van der Waals surface area contributed by atoms with Gasteiger partial charge in [-0.2, -0.15) is 0 Å². The minimum absolute atomic E-state index is 0.00781. The van der Waals surface area contributed by atoms with Crippen molar-refractivity contribution in [3.05, 3.63) is 12.1 Å². The smallest absolute Gasteiger partial charge is 0.243 e. The van der Waals surface area contributed by atoms with Crippen molar-refractivity contribution in [3.8, 4) is 11.5 Å². The number of hydrogen-bond acceptors (Lipinski definition) is 4. The SMILES string of the molecule is CCN1CC(=O)Nc2cc(OC)c(OC)cc21. The molecule has 0 radical (unpaired) electrons. The molecule has 1 aromatic carbocycles. The summed E-state index contributed by atoms with van der Waals surface area (Å²) >= 11 is 0. The Bertz CT molecular complexity index is 446. The zero-order valence-electron chi connectivity index (χ0n) is 10.2. The van der Waals surface area contributed by atoms with Gasteiger partial charge in [0.2, 0.25) is 5.91 Å². The zero-order valence-corrected chi connectivity index (χ0v) is 10.2. The van der Waals surface area contributed by atoms with Gasteiger partial charge in [0, 0.05) is 18.7 Å². The van der Waals surface area contributed by atoms with E-state index in [1.165, 1.54) is 0 Å². The first kappa shape index (κ1) is 11.6. The topological polar surface area (TPSA) is 50.8 Å². The highest BCUT2D eigenvalue weighted by molar-refractivity contribution is 6.01. The molecule has 5 heteroatoms. The van der Waals surface area contributed by atoms with Crippen LogP contribution in [0.4, 0.5) is 11.4 Å². The van der Waals surface area contributed by atoms with E-state index in [2.05, 4.69) is 5.32 Å². The highest BCUT2D eigenvalue weighted by Crippen LogP contribution is 2.39. The van der Waals surface area contributed by atoms with E-state index >= 15 is 0 Å². The van der Waals surface area contributed by atoms with Crippen molar-refractivity contribution in [1.82, 2.24) is 0 Å². The van der Waals surface area contributed by atoms with E-state index in [-0.39, 0.29) is 5.91 Å². The van der Waals surface area contributed by atoms with Crippen molar-refractivity contribution in [2.75, 3.05) is 37.5 Å². The van der Waals surface area contributed by atoms with E-state index in [0.29, 0.717) is 18.0 Å². The molecule has 0 aromatic heterocycles. The van der Waals surface area contributed by atoms with E-state index in [9.17, 15) is 4.79 Å². The molecule has 17 heavy (non-hydrogen) atoms. The van der Waals surface area contributed by atoms with Gasteiger partial charge in [-0.15, -0.1) is 0 Å². The standard InChI is InChI=1S/C12H16N2O3/c1-4-14-7-12(15)13-8-5-10(16-2)11(17-3)6-9(8)14/h5-6H,4,7H2,1-3H3,(H,13,15). The third kappa shape index (κ3) is 2.00. The minimum atomic E-state index is -0.00781. The largest absolute Gasteiger partial charge is 0.493 e. The van der Waals surface area contributed by atoms with Gasteiger partial charge >= 0.3 is 0 Å². The van der Waals surface area contributed by atoms with Gasteiger partial charge in [-0.25, -0.2) is 0 Å². The molecule has 0 spiro atoms. The number of carbonyl (C=O) groups excluding carboxylic acids is 1. The Labute approximate surface area is 100 Å². The Balaban J connectivity index is 2.50. The van der Waals surface area contributed by atoms with Crippen LogP contribution in [0.2, 0.25) is 0 Å². The van der Waals surface area contributed by atoms with Gasteiger partial charge in [-0.3, -0.25) is 4.79 Å². The van der Waals surface area contributed by atoms with Gasteiger partial charge < -0.3 is 19.7 Å². The summed E-state index contributed by atoms with van der Waals surface area (Å²) in [6.07, 6.45) is 0. The lowest BCUT2D eigenvalue weighted by Crippen LogP contribution is -2.37. The van der Waals surface area contributed by atoms with Crippen LogP contribution in [0.1, 0.15) is 6.92 Å². The van der Waals surface area contributed by atoms with E-state index in [4.69, 9.17) is 9.47 Å². The molecule has 0 bridgehead atoms. The van der Waals surface area contributed by atoms with Gasteiger partial charge in [0.25, 0.3) is 0 Å². The predicted octanol–water partition coefficient (Wildman–Crippen LogP) is 1.48. The summed E-state index contributed by atoms with van der Waals surface area (Å²) in [6, 6.07) is 3.67. The third-order valence-electron chi connectivity index (χ3n) is 2.83. The number of carbonyl (C=O) groups is 1. The van der Waals surface area contributed by atoms with Crippen LogP contribution in [0.25, 0.3) is 0 Å². The van der Waals surface area contributed by atoms with E-state index in [1.807, 2.05) is 17.9 Å². The summed E-state index contributed by atoms with van der Waals surface area (Å²) in [5.41, 5.74) is 1.73. The number of amides is 1. The molecule has 0 saturated heterocycles. The van der Waals surface area contributed by atoms with E-state index in [1.54, 1.807) is 20.3 Å². The second-order valence-corrected chi connectivity index (χ2v) is 3.79. The van der Waals surface area contributed by atoms with Crippen molar-refractivity contribution in [3.63, 3.8) is 0 Å². The first-order chi connectivity index (χ1) is 8.19. The summed E-state index contributed by atoms with van der Waals surface area (Å²) in [5.74, 6) is 1.27. The monoisotopic (exact) mass is 236 g/mol. The van der Waals surface area contributed by atoms with Crippen molar-refractivity contribution in [2.24, 2.45) is 0 Å². The second-order valence-electron chi connectivity index (χ2n) is 3.79. The Morgan fingerprint density at radius 3 is 2.53 bits per heavy atom. The van der Waals surface area contributed by atoms with Gasteiger partial charge in [0.1, 0.15) is 0 Å². The molecule has 0 aliphatic carbocycles. The van der Waals surface area contributed by atoms with Gasteiger partial charge in [0.15, 0.2) is 11.5 Å². The number of methoxy groups -OCH3 is 2. The number of benzene rings is 1. The highest BCUT2D eigenvalue weighted by atomic mass is 16.5. The molecule has 1 N–H and O–H groups in total. The molecule has 92 valence electrons. The van der Waals surface area contributed by atoms with Crippen molar-refractivity contribution >= 4 is 17.3 Å². The predicted molar refractivity (Wildman–Crippen MR) is 66.1 cm³/mol. The number of rotatable bonds is 3. The van der Waals surface area contributed by atoms with Crippen molar-refractivity contribution in [2.45, 2.75) is 6.92 Å². The maximum absolute atomic E-state index is 11.5. The van der Waals surface area contributed by atoms with Crippen LogP contribution in [0.3, 0.4) is 0 Å². The molecule has 5 nitrogen and oxygen atoms in total. The molecular weight excluding hydrogens is 220 g/mol. The van der Waals surface area contributed by atoms with Crippen molar-refractivity contribution < 1.29 is 14.3 Å². The molecule has 0 atom stereocenters. The normalized spacial score (nSPS) is 14.1. The summed E-state index contributed by atoms with van der Waals surface area (Å²) in [6.45, 7) is 3.16. The molecule has 1 amide bonds. The second kappa shape index (κ2) is 4.53.